The van der Waals surface area contributed by atoms with Crippen LogP contribution in [0.4, 0.5) is 10.5 Å². The molecule has 110 valence electrons. The van der Waals surface area contributed by atoms with Crippen molar-refractivity contribution in [3.63, 3.8) is 0 Å². The molecule has 0 bridgehead atoms. The highest BCUT2D eigenvalue weighted by Gasteiger charge is 2.41. The van der Waals surface area contributed by atoms with Gasteiger partial charge in [0, 0.05) is 17.3 Å². The lowest BCUT2D eigenvalue weighted by atomic mass is 10.2. The maximum atomic E-state index is 12.6. The van der Waals surface area contributed by atoms with Crippen molar-refractivity contribution < 1.29 is 13.2 Å². The summed E-state index contributed by atoms with van der Waals surface area (Å²) in [4.78, 5) is 14.2. The number of amides is 2. The number of hydrogen-bond acceptors (Lipinski definition) is 4. The van der Waals surface area contributed by atoms with Crippen molar-refractivity contribution in [2.75, 3.05) is 11.4 Å². The van der Waals surface area contributed by atoms with Crippen LogP contribution in [0.3, 0.4) is 0 Å². The van der Waals surface area contributed by atoms with Gasteiger partial charge in [-0.2, -0.15) is 0 Å². The third-order valence-electron chi connectivity index (χ3n) is 3.40. The van der Waals surface area contributed by atoms with E-state index in [0.717, 1.165) is 9.87 Å². The average molecular weight is 322 g/mol. The highest BCUT2D eigenvalue weighted by Crippen LogP contribution is 2.37. The Labute approximate surface area is 127 Å². The number of rotatable bonds is 3. The van der Waals surface area contributed by atoms with Gasteiger partial charge in [-0.3, -0.25) is 4.90 Å². The predicted molar refractivity (Wildman–Crippen MR) is 81.9 cm³/mol. The van der Waals surface area contributed by atoms with Gasteiger partial charge in [0.1, 0.15) is 4.90 Å². The van der Waals surface area contributed by atoms with E-state index in [1.165, 1.54) is 16.2 Å². The molecule has 1 aliphatic rings. The zero-order valence-electron chi connectivity index (χ0n) is 11.4. The smallest absolute Gasteiger partial charge is 0.292 e. The van der Waals surface area contributed by atoms with Gasteiger partial charge < -0.3 is 0 Å². The molecule has 1 aromatic heterocycles. The zero-order chi connectivity index (χ0) is 15.0. The molecule has 0 N–H and O–H groups in total. The van der Waals surface area contributed by atoms with Crippen LogP contribution >= 0.6 is 11.3 Å². The Morgan fingerprint density at radius 2 is 1.86 bits per heavy atom. The molecule has 2 heterocycles. The van der Waals surface area contributed by atoms with Crippen molar-refractivity contribution in [3.8, 4) is 0 Å². The van der Waals surface area contributed by atoms with E-state index < -0.39 is 16.1 Å². The van der Waals surface area contributed by atoms with Gasteiger partial charge in [0.2, 0.25) is 0 Å². The molecule has 3 rings (SSSR count). The molecule has 0 radical (unpaired) electrons. The van der Waals surface area contributed by atoms with Crippen LogP contribution in [0.5, 0.6) is 0 Å². The first-order chi connectivity index (χ1) is 10.1. The summed E-state index contributed by atoms with van der Waals surface area (Å²) < 4.78 is 26.2. The first-order valence-electron chi connectivity index (χ1n) is 6.50. The van der Waals surface area contributed by atoms with Crippen LogP contribution in [0.1, 0.15) is 12.5 Å². The van der Waals surface area contributed by atoms with Crippen molar-refractivity contribution in [2.24, 2.45) is 0 Å². The highest BCUT2D eigenvalue weighted by atomic mass is 32.2. The average Bonchev–Trinajstić information content (AvgIpc) is 2.96. The van der Waals surface area contributed by atoms with Crippen LogP contribution in [-0.4, -0.2) is 25.3 Å². The van der Waals surface area contributed by atoms with E-state index in [0.29, 0.717) is 12.2 Å². The lowest BCUT2D eigenvalue weighted by Crippen LogP contribution is -2.49. The molecular weight excluding hydrogens is 308 g/mol. The number of fused-ring (bicyclic) bond motifs is 1. The van der Waals surface area contributed by atoms with Crippen molar-refractivity contribution in [2.45, 2.75) is 18.4 Å². The van der Waals surface area contributed by atoms with Gasteiger partial charge in [-0.25, -0.2) is 17.5 Å². The summed E-state index contributed by atoms with van der Waals surface area (Å²) in [6.07, 6.45) is 0. The van der Waals surface area contributed by atoms with Crippen molar-refractivity contribution >= 4 is 33.1 Å². The number of thiophene rings is 1. The van der Waals surface area contributed by atoms with Crippen LogP contribution in [0.15, 0.2) is 46.0 Å². The molecule has 0 unspecified atom stereocenters. The second-order valence-electron chi connectivity index (χ2n) is 4.65. The fourth-order valence-corrected chi connectivity index (χ4v) is 5.05. The Morgan fingerprint density at radius 1 is 1.14 bits per heavy atom. The number of sulfonamides is 1. The normalized spacial score (nSPS) is 16.9. The number of anilines is 1. The minimum absolute atomic E-state index is 0.0494. The molecule has 1 aromatic carbocycles. The first kappa shape index (κ1) is 14.1. The molecular formula is C14H14N2O3S2. The highest BCUT2D eigenvalue weighted by molar-refractivity contribution is 7.90. The molecule has 0 fully saturated rings. The number of benzene rings is 1. The monoisotopic (exact) mass is 322 g/mol. The van der Waals surface area contributed by atoms with Crippen LogP contribution in [-0.2, 0) is 16.6 Å². The third-order valence-corrected chi connectivity index (χ3v) is 6.02. The maximum absolute atomic E-state index is 12.6. The summed E-state index contributed by atoms with van der Waals surface area (Å²) in [6.45, 7) is 2.31. The van der Waals surface area contributed by atoms with Crippen molar-refractivity contribution in [1.29, 1.82) is 0 Å². The van der Waals surface area contributed by atoms with Crippen LogP contribution < -0.4 is 4.90 Å². The molecule has 2 amide bonds. The molecule has 0 saturated heterocycles. The summed E-state index contributed by atoms with van der Waals surface area (Å²) in [6, 6.07) is 8.62. The van der Waals surface area contributed by atoms with E-state index in [1.54, 1.807) is 10.8 Å². The minimum Gasteiger partial charge on any atom is -0.292 e. The Balaban J connectivity index is 2.07. The molecule has 0 atom stereocenters. The second-order valence-corrected chi connectivity index (χ2v) is 7.22. The lowest BCUT2D eigenvalue weighted by Gasteiger charge is -2.34. The van der Waals surface area contributed by atoms with E-state index in [-0.39, 0.29) is 11.4 Å². The van der Waals surface area contributed by atoms with Crippen molar-refractivity contribution in [1.82, 2.24) is 4.31 Å². The van der Waals surface area contributed by atoms with Gasteiger partial charge >= 0.3 is 6.03 Å². The number of hydrogen-bond donors (Lipinski definition) is 0. The van der Waals surface area contributed by atoms with Crippen molar-refractivity contribution in [3.05, 3.63) is 46.7 Å². The topological polar surface area (TPSA) is 57.7 Å². The molecule has 0 spiro atoms. The Kier molecular flexibility index (Phi) is 3.46. The number of urea groups is 1. The SMILES string of the molecule is CCN1C(=O)N(Cc2ccccc2)S(=O)(=O)c2cscc21. The van der Waals surface area contributed by atoms with E-state index in [4.69, 9.17) is 0 Å². The Bertz CT molecular complexity index is 769. The van der Waals surface area contributed by atoms with Gasteiger partial charge in [-0.15, -0.1) is 11.3 Å². The molecule has 21 heavy (non-hydrogen) atoms. The van der Waals surface area contributed by atoms with Gasteiger partial charge in [0.05, 0.1) is 12.2 Å². The number of nitrogens with zero attached hydrogens (tertiary/aromatic N) is 2. The van der Waals surface area contributed by atoms with E-state index in [1.807, 2.05) is 37.3 Å². The van der Waals surface area contributed by atoms with E-state index in [2.05, 4.69) is 0 Å². The summed E-state index contributed by atoms with van der Waals surface area (Å²) >= 11 is 1.29. The number of carbonyl (C=O) groups excluding carboxylic acids is 1. The van der Waals surface area contributed by atoms with Gasteiger partial charge in [-0.05, 0) is 12.5 Å². The van der Waals surface area contributed by atoms with Crippen LogP contribution in [0.25, 0.3) is 0 Å². The van der Waals surface area contributed by atoms with Crippen LogP contribution in [0.2, 0.25) is 0 Å². The summed E-state index contributed by atoms with van der Waals surface area (Å²) in [5.74, 6) is 0. The Morgan fingerprint density at radius 3 is 2.52 bits per heavy atom. The molecule has 1 aliphatic heterocycles. The maximum Gasteiger partial charge on any atom is 0.338 e. The van der Waals surface area contributed by atoms with Gasteiger partial charge in [-0.1, -0.05) is 30.3 Å². The van der Waals surface area contributed by atoms with Gasteiger partial charge in [0.15, 0.2) is 0 Å². The first-order valence-corrected chi connectivity index (χ1v) is 8.88. The molecule has 5 nitrogen and oxygen atoms in total. The molecule has 0 aliphatic carbocycles. The third kappa shape index (κ3) is 2.22. The molecule has 0 saturated carbocycles. The fraction of sp³-hybridized carbons (Fsp3) is 0.214. The van der Waals surface area contributed by atoms with E-state index >= 15 is 0 Å². The zero-order valence-corrected chi connectivity index (χ0v) is 13.0. The van der Waals surface area contributed by atoms with E-state index in [9.17, 15) is 13.2 Å². The number of carbonyl (C=O) groups is 1. The van der Waals surface area contributed by atoms with Crippen LogP contribution in [0, 0.1) is 0 Å². The summed E-state index contributed by atoms with van der Waals surface area (Å²) in [7, 11) is -3.78. The molecule has 2 aromatic rings. The molecule has 7 heteroatoms. The largest absolute Gasteiger partial charge is 0.338 e. The summed E-state index contributed by atoms with van der Waals surface area (Å²) in [5.41, 5.74) is 1.26. The second kappa shape index (κ2) is 5.16. The predicted octanol–water partition coefficient (Wildman–Crippen LogP) is 2.90. The standard InChI is InChI=1S/C14H14N2O3S2/c1-2-15-12-9-20-10-13(12)21(18,19)16(14(15)17)8-11-6-4-3-5-7-11/h3-7,9-10H,2,8H2,1H3. The fourth-order valence-electron chi connectivity index (χ4n) is 2.33. The Hall–Kier alpha value is -1.86. The quantitative estimate of drug-likeness (QED) is 0.873. The lowest BCUT2D eigenvalue weighted by molar-refractivity contribution is 0.227. The summed E-state index contributed by atoms with van der Waals surface area (Å²) in [5, 5.41) is 3.28. The van der Waals surface area contributed by atoms with Gasteiger partial charge in [0.25, 0.3) is 10.0 Å². The minimum atomic E-state index is -3.78.